The van der Waals surface area contributed by atoms with Crippen molar-refractivity contribution in [3.05, 3.63) is 35.4 Å². The van der Waals surface area contributed by atoms with Crippen LogP contribution in [0.15, 0.2) is 24.3 Å². The van der Waals surface area contributed by atoms with Crippen molar-refractivity contribution in [3.8, 4) is 11.8 Å². The highest BCUT2D eigenvalue weighted by atomic mass is 32.2. The normalized spacial score (nSPS) is 10.5. The number of carbonyl (C=O) groups excluding carboxylic acids is 1. The van der Waals surface area contributed by atoms with Gasteiger partial charge in [0.05, 0.1) is 5.75 Å². The first-order valence-corrected chi connectivity index (χ1v) is 7.99. The predicted molar refractivity (Wildman–Crippen MR) is 77.1 cm³/mol. The fraction of sp³-hybridized carbons (Fsp3) is 0.357. The van der Waals surface area contributed by atoms with Crippen LogP contribution in [0, 0.1) is 11.8 Å². The first kappa shape index (κ1) is 16.2. The number of aliphatic hydroxyl groups is 1. The van der Waals surface area contributed by atoms with E-state index in [2.05, 4.69) is 17.2 Å². The molecule has 0 aliphatic heterocycles. The van der Waals surface area contributed by atoms with E-state index in [0.717, 1.165) is 0 Å². The molecule has 0 bridgehead atoms. The third-order valence-electron chi connectivity index (χ3n) is 2.57. The molecule has 0 heterocycles. The van der Waals surface area contributed by atoms with E-state index < -0.39 is 9.84 Å². The lowest BCUT2D eigenvalue weighted by Gasteiger charge is -2.05. The highest BCUT2D eigenvalue weighted by Gasteiger charge is 2.09. The summed E-state index contributed by atoms with van der Waals surface area (Å²) in [5, 5.41) is 11.2. The number of nitrogens with one attached hydrogen (secondary N) is 1. The van der Waals surface area contributed by atoms with Crippen molar-refractivity contribution in [2.45, 2.75) is 6.92 Å². The van der Waals surface area contributed by atoms with Crippen LogP contribution in [0.5, 0.6) is 0 Å². The molecule has 0 fully saturated rings. The lowest BCUT2D eigenvalue weighted by molar-refractivity contribution is 0.0956. The highest BCUT2D eigenvalue weighted by molar-refractivity contribution is 7.91. The molecule has 20 heavy (non-hydrogen) atoms. The summed E-state index contributed by atoms with van der Waals surface area (Å²) in [6.07, 6.45) is 0. The summed E-state index contributed by atoms with van der Waals surface area (Å²) in [5.74, 6) is 4.85. The number of amides is 1. The minimum Gasteiger partial charge on any atom is -0.384 e. The van der Waals surface area contributed by atoms with E-state index in [4.69, 9.17) is 5.11 Å². The predicted octanol–water partition coefficient (Wildman–Crippen LogP) is 0.195. The molecule has 0 saturated heterocycles. The SMILES string of the molecule is CCS(=O)(=O)CCNC(=O)c1cccc(C#CCO)c1. The Morgan fingerprint density at radius 1 is 1.40 bits per heavy atom. The van der Waals surface area contributed by atoms with Crippen molar-refractivity contribution in [2.24, 2.45) is 0 Å². The second-order valence-corrected chi connectivity index (χ2v) is 6.51. The molecule has 1 aromatic rings. The second-order valence-electron chi connectivity index (χ2n) is 4.03. The van der Waals surface area contributed by atoms with Gasteiger partial charge in [-0.3, -0.25) is 4.79 Å². The molecule has 2 N–H and O–H groups in total. The minimum absolute atomic E-state index is 0.0646. The second kappa shape index (κ2) is 7.68. The lowest BCUT2D eigenvalue weighted by Crippen LogP contribution is -2.29. The zero-order valence-corrected chi connectivity index (χ0v) is 12.0. The van der Waals surface area contributed by atoms with Crippen LogP contribution in [-0.4, -0.2) is 44.1 Å². The maximum atomic E-state index is 11.8. The summed E-state index contributed by atoms with van der Waals surface area (Å²) in [6, 6.07) is 6.61. The monoisotopic (exact) mass is 295 g/mol. The van der Waals surface area contributed by atoms with Crippen LogP contribution in [0.3, 0.4) is 0 Å². The van der Waals surface area contributed by atoms with E-state index in [1.807, 2.05) is 0 Å². The highest BCUT2D eigenvalue weighted by Crippen LogP contribution is 2.04. The maximum absolute atomic E-state index is 11.8. The Morgan fingerprint density at radius 2 is 2.15 bits per heavy atom. The van der Waals surface area contributed by atoms with Crippen molar-refractivity contribution in [1.29, 1.82) is 0 Å². The lowest BCUT2D eigenvalue weighted by atomic mass is 10.1. The minimum atomic E-state index is -3.08. The van der Waals surface area contributed by atoms with Gasteiger partial charge in [-0.15, -0.1) is 0 Å². The zero-order chi connectivity index (χ0) is 15.0. The standard InChI is InChI=1S/C14H17NO4S/c1-2-20(18,19)10-8-15-14(17)13-7-3-5-12(11-13)6-4-9-16/h3,5,7,11,16H,2,8-10H2,1H3,(H,15,17). The van der Waals surface area contributed by atoms with E-state index in [-0.39, 0.29) is 30.6 Å². The van der Waals surface area contributed by atoms with Gasteiger partial charge in [0.25, 0.3) is 5.91 Å². The van der Waals surface area contributed by atoms with Crippen molar-refractivity contribution < 1.29 is 18.3 Å². The van der Waals surface area contributed by atoms with Gasteiger partial charge in [0.2, 0.25) is 0 Å². The average Bonchev–Trinajstić information content (AvgIpc) is 2.45. The number of carbonyl (C=O) groups is 1. The molecule has 0 aromatic heterocycles. The molecule has 0 atom stereocenters. The number of hydrogen-bond donors (Lipinski definition) is 2. The van der Waals surface area contributed by atoms with Crippen LogP contribution < -0.4 is 5.32 Å². The third-order valence-corrected chi connectivity index (χ3v) is 4.28. The van der Waals surface area contributed by atoms with Crippen LogP contribution in [0.1, 0.15) is 22.8 Å². The Labute approximate surface area is 118 Å². The molecule has 1 aromatic carbocycles. The van der Waals surface area contributed by atoms with Gasteiger partial charge in [0, 0.05) is 23.4 Å². The molecule has 0 radical (unpaired) electrons. The Morgan fingerprint density at radius 3 is 2.80 bits per heavy atom. The van der Waals surface area contributed by atoms with Gasteiger partial charge in [-0.1, -0.05) is 24.8 Å². The summed E-state index contributed by atoms with van der Waals surface area (Å²) in [6.45, 7) is 1.41. The molecule has 0 unspecified atom stereocenters. The van der Waals surface area contributed by atoms with E-state index in [1.165, 1.54) is 0 Å². The van der Waals surface area contributed by atoms with Crippen molar-refractivity contribution in [1.82, 2.24) is 5.32 Å². The largest absolute Gasteiger partial charge is 0.384 e. The van der Waals surface area contributed by atoms with Gasteiger partial charge in [0.15, 0.2) is 9.84 Å². The van der Waals surface area contributed by atoms with E-state index >= 15 is 0 Å². The van der Waals surface area contributed by atoms with Crippen LogP contribution in [0.25, 0.3) is 0 Å². The molecule has 1 rings (SSSR count). The molecular formula is C14H17NO4S. The van der Waals surface area contributed by atoms with Crippen LogP contribution in [-0.2, 0) is 9.84 Å². The number of aliphatic hydroxyl groups excluding tert-OH is 1. The zero-order valence-electron chi connectivity index (χ0n) is 11.2. The maximum Gasteiger partial charge on any atom is 0.251 e. The summed E-state index contributed by atoms with van der Waals surface area (Å²) in [7, 11) is -3.08. The Bertz CT molecular complexity index is 626. The molecular weight excluding hydrogens is 278 g/mol. The molecule has 1 amide bonds. The van der Waals surface area contributed by atoms with Gasteiger partial charge < -0.3 is 10.4 Å². The molecule has 0 spiro atoms. The van der Waals surface area contributed by atoms with E-state index in [1.54, 1.807) is 31.2 Å². The average molecular weight is 295 g/mol. The van der Waals surface area contributed by atoms with Crippen LogP contribution in [0.4, 0.5) is 0 Å². The quantitative estimate of drug-likeness (QED) is 0.760. The van der Waals surface area contributed by atoms with Gasteiger partial charge in [-0.05, 0) is 18.2 Å². The Balaban J connectivity index is 2.64. The first-order chi connectivity index (χ1) is 9.48. The van der Waals surface area contributed by atoms with Crippen LogP contribution in [0.2, 0.25) is 0 Å². The molecule has 0 aliphatic rings. The molecule has 108 valence electrons. The fourth-order valence-electron chi connectivity index (χ4n) is 1.45. The smallest absolute Gasteiger partial charge is 0.251 e. The molecule has 0 aliphatic carbocycles. The number of benzene rings is 1. The van der Waals surface area contributed by atoms with E-state index in [0.29, 0.717) is 11.1 Å². The molecule has 6 heteroatoms. The van der Waals surface area contributed by atoms with Gasteiger partial charge in [-0.25, -0.2) is 8.42 Å². The summed E-state index contributed by atoms with van der Waals surface area (Å²) >= 11 is 0. The summed E-state index contributed by atoms with van der Waals surface area (Å²) in [4.78, 5) is 11.8. The molecule has 0 saturated carbocycles. The van der Waals surface area contributed by atoms with Crippen molar-refractivity contribution >= 4 is 15.7 Å². The first-order valence-electron chi connectivity index (χ1n) is 6.17. The van der Waals surface area contributed by atoms with Gasteiger partial charge in [-0.2, -0.15) is 0 Å². The van der Waals surface area contributed by atoms with E-state index in [9.17, 15) is 13.2 Å². The topological polar surface area (TPSA) is 83.5 Å². The van der Waals surface area contributed by atoms with Gasteiger partial charge >= 0.3 is 0 Å². The fourth-order valence-corrected chi connectivity index (χ4v) is 2.15. The Kier molecular flexibility index (Phi) is 6.22. The summed E-state index contributed by atoms with van der Waals surface area (Å²) < 4.78 is 22.6. The van der Waals surface area contributed by atoms with Crippen molar-refractivity contribution in [2.75, 3.05) is 24.7 Å². The summed E-state index contributed by atoms with van der Waals surface area (Å²) in [5.41, 5.74) is 1.02. The number of hydrogen-bond acceptors (Lipinski definition) is 4. The number of sulfone groups is 1. The van der Waals surface area contributed by atoms with Crippen molar-refractivity contribution in [3.63, 3.8) is 0 Å². The van der Waals surface area contributed by atoms with Gasteiger partial charge in [0.1, 0.15) is 6.61 Å². The third kappa shape index (κ3) is 5.43. The Hall–Kier alpha value is -1.84. The molecule has 5 nitrogen and oxygen atoms in total. The number of rotatable bonds is 5. The van der Waals surface area contributed by atoms with Crippen LogP contribution >= 0.6 is 0 Å².